The van der Waals surface area contributed by atoms with Gasteiger partial charge in [0.25, 0.3) is 0 Å². The molecule has 0 bridgehead atoms. The summed E-state index contributed by atoms with van der Waals surface area (Å²) in [5, 5.41) is 0. The van der Waals surface area contributed by atoms with E-state index in [0.29, 0.717) is 0 Å². The molecule has 17 heavy (non-hydrogen) atoms. The van der Waals surface area contributed by atoms with E-state index in [2.05, 4.69) is 0 Å². The lowest BCUT2D eigenvalue weighted by Crippen LogP contribution is -2.37. The average Bonchev–Trinajstić information content (AvgIpc) is 2.29. The van der Waals surface area contributed by atoms with Gasteiger partial charge in [-0.1, -0.05) is 18.2 Å². The average molecular weight is 237 g/mol. The van der Waals surface area contributed by atoms with Gasteiger partial charge in [0.05, 0.1) is 0 Å². The first kappa shape index (κ1) is 13.5. The van der Waals surface area contributed by atoms with E-state index in [4.69, 9.17) is 15.2 Å². The summed E-state index contributed by atoms with van der Waals surface area (Å²) in [6, 6.07) is 8.80. The van der Waals surface area contributed by atoms with Gasteiger partial charge in [-0.2, -0.15) is 0 Å². The second kappa shape index (κ2) is 6.25. The Bertz CT molecular complexity index is 351. The van der Waals surface area contributed by atoms with E-state index in [0.717, 1.165) is 5.75 Å². The minimum atomic E-state index is -0.610. The van der Waals surface area contributed by atoms with Crippen LogP contribution in [0.4, 0.5) is 0 Å². The van der Waals surface area contributed by atoms with E-state index >= 15 is 0 Å². The zero-order chi connectivity index (χ0) is 12.8. The topological polar surface area (TPSA) is 61.6 Å². The van der Waals surface area contributed by atoms with Crippen molar-refractivity contribution >= 4 is 5.97 Å². The summed E-state index contributed by atoms with van der Waals surface area (Å²) in [7, 11) is 0. The number of nitrogens with two attached hydrogens (primary N) is 1. The first-order valence-electron chi connectivity index (χ1n) is 5.68. The maximum atomic E-state index is 11.3. The molecule has 0 saturated carbocycles. The van der Waals surface area contributed by atoms with Gasteiger partial charge in [0, 0.05) is 0 Å². The Morgan fingerprint density at radius 1 is 1.12 bits per heavy atom. The second-order valence-electron chi connectivity index (χ2n) is 4.07. The Labute approximate surface area is 102 Å². The number of rotatable bonds is 5. The van der Waals surface area contributed by atoms with Crippen molar-refractivity contribution in [2.45, 2.75) is 39.0 Å². The largest absolute Gasteiger partial charge is 0.487 e. The molecular formula is C13H19NO3. The van der Waals surface area contributed by atoms with Crippen molar-refractivity contribution in [2.75, 3.05) is 0 Å². The predicted octanol–water partition coefficient (Wildman–Crippen LogP) is 1.73. The first-order chi connectivity index (χ1) is 8.00. The summed E-state index contributed by atoms with van der Waals surface area (Å²) < 4.78 is 10.8. The highest BCUT2D eigenvalue weighted by atomic mass is 16.6. The molecule has 0 aliphatic carbocycles. The Balaban J connectivity index is 2.47. The van der Waals surface area contributed by atoms with Crippen molar-refractivity contribution in [3.63, 3.8) is 0 Å². The van der Waals surface area contributed by atoms with Crippen LogP contribution < -0.4 is 10.5 Å². The van der Waals surface area contributed by atoms with Crippen LogP contribution >= 0.6 is 0 Å². The molecule has 0 unspecified atom stereocenters. The highest BCUT2D eigenvalue weighted by Crippen LogP contribution is 2.13. The van der Waals surface area contributed by atoms with Crippen molar-refractivity contribution in [2.24, 2.45) is 5.73 Å². The molecule has 0 aromatic heterocycles. The van der Waals surface area contributed by atoms with Crippen LogP contribution in [0.1, 0.15) is 20.8 Å². The van der Waals surface area contributed by atoms with Gasteiger partial charge in [-0.3, -0.25) is 4.79 Å². The van der Waals surface area contributed by atoms with Crippen molar-refractivity contribution < 1.29 is 14.3 Å². The maximum Gasteiger partial charge on any atom is 0.323 e. The summed E-state index contributed by atoms with van der Waals surface area (Å²) in [4.78, 5) is 11.3. The minimum absolute atomic E-state index is 0.222. The van der Waals surface area contributed by atoms with Crippen molar-refractivity contribution in [1.29, 1.82) is 0 Å². The van der Waals surface area contributed by atoms with E-state index in [9.17, 15) is 4.79 Å². The minimum Gasteiger partial charge on any atom is -0.487 e. The van der Waals surface area contributed by atoms with Crippen LogP contribution in [0.2, 0.25) is 0 Å². The lowest BCUT2D eigenvalue weighted by Gasteiger charge is -2.22. The molecule has 1 aromatic carbocycles. The van der Waals surface area contributed by atoms with E-state index in [1.807, 2.05) is 37.3 Å². The van der Waals surface area contributed by atoms with Gasteiger partial charge in [0.15, 0.2) is 0 Å². The van der Waals surface area contributed by atoms with Crippen molar-refractivity contribution in [3.05, 3.63) is 30.3 Å². The Hall–Kier alpha value is -1.55. The molecule has 2 N–H and O–H groups in total. The third-order valence-corrected chi connectivity index (χ3v) is 2.40. The third kappa shape index (κ3) is 4.44. The standard InChI is InChI=1S/C13H19NO3/c1-9(14)13(15)17-11(3)10(2)16-12-7-5-4-6-8-12/h4-11H,14H2,1-3H3/t9-,10-,11-/m0/s1. The summed E-state index contributed by atoms with van der Waals surface area (Å²) >= 11 is 0. The van der Waals surface area contributed by atoms with E-state index in [1.165, 1.54) is 0 Å². The number of ether oxygens (including phenoxy) is 2. The van der Waals surface area contributed by atoms with Crippen LogP contribution in [0, 0.1) is 0 Å². The Morgan fingerprint density at radius 3 is 2.24 bits per heavy atom. The quantitative estimate of drug-likeness (QED) is 0.792. The summed E-state index contributed by atoms with van der Waals surface area (Å²) in [6.45, 7) is 5.23. The van der Waals surface area contributed by atoms with Crippen LogP contribution in [0.3, 0.4) is 0 Å². The molecule has 94 valence electrons. The molecular weight excluding hydrogens is 218 g/mol. The van der Waals surface area contributed by atoms with Gasteiger partial charge in [-0.15, -0.1) is 0 Å². The SMILES string of the molecule is C[C@H](N)C(=O)O[C@@H](C)[C@H](C)Oc1ccccc1. The molecule has 4 nitrogen and oxygen atoms in total. The number of benzene rings is 1. The van der Waals surface area contributed by atoms with Crippen LogP contribution in [0.5, 0.6) is 5.75 Å². The van der Waals surface area contributed by atoms with E-state index in [1.54, 1.807) is 13.8 Å². The number of hydrogen-bond donors (Lipinski definition) is 1. The Morgan fingerprint density at radius 2 is 1.71 bits per heavy atom. The van der Waals surface area contributed by atoms with Gasteiger partial charge in [-0.25, -0.2) is 0 Å². The van der Waals surface area contributed by atoms with Gasteiger partial charge >= 0.3 is 5.97 Å². The molecule has 0 saturated heterocycles. The number of carbonyl (C=O) groups is 1. The lowest BCUT2D eigenvalue weighted by atomic mass is 10.2. The molecule has 1 rings (SSSR count). The second-order valence-corrected chi connectivity index (χ2v) is 4.07. The molecule has 4 heteroatoms. The normalized spacial score (nSPS) is 15.8. The molecule has 0 heterocycles. The summed E-state index contributed by atoms with van der Waals surface area (Å²) in [5.74, 6) is 0.338. The molecule has 0 aliphatic heterocycles. The third-order valence-electron chi connectivity index (χ3n) is 2.40. The zero-order valence-corrected chi connectivity index (χ0v) is 10.4. The zero-order valence-electron chi connectivity index (χ0n) is 10.4. The van der Waals surface area contributed by atoms with Crippen LogP contribution in [-0.4, -0.2) is 24.2 Å². The van der Waals surface area contributed by atoms with E-state index < -0.39 is 12.0 Å². The van der Waals surface area contributed by atoms with E-state index in [-0.39, 0.29) is 12.2 Å². The fourth-order valence-electron chi connectivity index (χ4n) is 1.20. The number of hydrogen-bond acceptors (Lipinski definition) is 4. The monoisotopic (exact) mass is 237 g/mol. The molecule has 1 aromatic rings. The predicted molar refractivity (Wildman–Crippen MR) is 65.7 cm³/mol. The Kier molecular flexibility index (Phi) is 4.97. The van der Waals surface area contributed by atoms with Crippen molar-refractivity contribution in [1.82, 2.24) is 0 Å². The number of para-hydroxylation sites is 1. The fourth-order valence-corrected chi connectivity index (χ4v) is 1.20. The highest BCUT2D eigenvalue weighted by molar-refractivity contribution is 5.75. The highest BCUT2D eigenvalue weighted by Gasteiger charge is 2.20. The van der Waals surface area contributed by atoms with Gasteiger partial charge in [0.2, 0.25) is 0 Å². The molecule has 0 spiro atoms. The lowest BCUT2D eigenvalue weighted by molar-refractivity contribution is -0.153. The number of carbonyl (C=O) groups excluding carboxylic acids is 1. The van der Waals surface area contributed by atoms with Crippen LogP contribution in [-0.2, 0) is 9.53 Å². The van der Waals surface area contributed by atoms with Gasteiger partial charge in [-0.05, 0) is 32.9 Å². The summed E-state index contributed by atoms with van der Waals surface area (Å²) in [6.07, 6.45) is -0.561. The molecule has 3 atom stereocenters. The molecule has 0 fully saturated rings. The first-order valence-corrected chi connectivity index (χ1v) is 5.68. The molecule has 0 radical (unpaired) electrons. The maximum absolute atomic E-state index is 11.3. The molecule has 0 aliphatic rings. The fraction of sp³-hybridized carbons (Fsp3) is 0.462. The van der Waals surface area contributed by atoms with Gasteiger partial charge in [0.1, 0.15) is 24.0 Å². The number of esters is 1. The summed E-state index contributed by atoms with van der Waals surface area (Å²) in [5.41, 5.74) is 5.42. The van der Waals surface area contributed by atoms with Crippen LogP contribution in [0.25, 0.3) is 0 Å². The smallest absolute Gasteiger partial charge is 0.323 e. The van der Waals surface area contributed by atoms with Crippen LogP contribution in [0.15, 0.2) is 30.3 Å². The van der Waals surface area contributed by atoms with Crippen molar-refractivity contribution in [3.8, 4) is 5.75 Å². The van der Waals surface area contributed by atoms with Gasteiger partial charge < -0.3 is 15.2 Å². The molecule has 0 amide bonds.